The summed E-state index contributed by atoms with van der Waals surface area (Å²) in [5.74, 6) is 0.579. The minimum absolute atomic E-state index is 0.189. The lowest BCUT2D eigenvalue weighted by Gasteiger charge is -2.32. The van der Waals surface area contributed by atoms with Crippen molar-refractivity contribution < 1.29 is 9.21 Å². The molecular weight excluding hydrogens is 296 g/mol. The first-order chi connectivity index (χ1) is 10.6. The third-order valence-electron chi connectivity index (χ3n) is 4.16. The number of fused-ring (bicyclic) bond motifs is 1. The van der Waals surface area contributed by atoms with Crippen LogP contribution in [-0.4, -0.2) is 33.6 Å². The molecule has 0 atom stereocenters. The van der Waals surface area contributed by atoms with Crippen molar-refractivity contribution in [3.63, 3.8) is 0 Å². The summed E-state index contributed by atoms with van der Waals surface area (Å²) < 4.78 is 5.67. The molecule has 0 unspecified atom stereocenters. The Bertz CT molecular complexity index is 614. The second-order valence-electron chi connectivity index (χ2n) is 6.07. The summed E-state index contributed by atoms with van der Waals surface area (Å²) in [7, 11) is 0. The van der Waals surface area contributed by atoms with Crippen LogP contribution in [0.2, 0.25) is 0 Å². The van der Waals surface area contributed by atoms with E-state index < -0.39 is 0 Å². The number of rotatable bonds is 5. The Morgan fingerprint density at radius 1 is 1.36 bits per heavy atom. The first kappa shape index (κ1) is 15.4. The summed E-state index contributed by atoms with van der Waals surface area (Å²) in [5, 5.41) is 0.574. The van der Waals surface area contributed by atoms with Gasteiger partial charge in [0, 0.05) is 12.1 Å². The minimum Gasteiger partial charge on any atom is -0.431 e. The third kappa shape index (κ3) is 3.29. The average Bonchev–Trinajstić information content (AvgIpc) is 3.13. The fourth-order valence-electron chi connectivity index (χ4n) is 3.21. The van der Waals surface area contributed by atoms with Crippen molar-refractivity contribution in [1.82, 2.24) is 9.88 Å². The first-order valence-electron chi connectivity index (χ1n) is 7.94. The van der Waals surface area contributed by atoms with E-state index in [0.29, 0.717) is 17.0 Å². The van der Waals surface area contributed by atoms with Gasteiger partial charge in [-0.05, 0) is 38.8 Å². The molecule has 1 aliphatic rings. The number of para-hydroxylation sites is 2. The zero-order valence-electron chi connectivity index (χ0n) is 13.1. The average molecular weight is 318 g/mol. The Kier molecular flexibility index (Phi) is 4.71. The molecule has 5 heteroatoms. The predicted octanol–water partition coefficient (Wildman–Crippen LogP) is 4.10. The highest BCUT2D eigenvalue weighted by Gasteiger charge is 2.28. The van der Waals surface area contributed by atoms with Crippen molar-refractivity contribution in [1.29, 1.82) is 0 Å². The predicted molar refractivity (Wildman–Crippen MR) is 89.0 cm³/mol. The molecule has 0 saturated heterocycles. The number of aromatic nitrogens is 1. The van der Waals surface area contributed by atoms with Crippen molar-refractivity contribution in [3.05, 3.63) is 24.3 Å². The Morgan fingerprint density at radius 3 is 2.77 bits per heavy atom. The fourth-order valence-corrected chi connectivity index (χ4v) is 3.91. The van der Waals surface area contributed by atoms with E-state index in [4.69, 9.17) is 4.42 Å². The van der Waals surface area contributed by atoms with Gasteiger partial charge in [-0.1, -0.05) is 36.7 Å². The monoisotopic (exact) mass is 318 g/mol. The molecule has 1 aromatic carbocycles. The summed E-state index contributed by atoms with van der Waals surface area (Å²) in [5.41, 5.74) is 1.61. The van der Waals surface area contributed by atoms with Crippen LogP contribution < -0.4 is 0 Å². The lowest BCUT2D eigenvalue weighted by atomic mass is 10.1. The van der Waals surface area contributed by atoms with E-state index in [9.17, 15) is 4.79 Å². The normalized spacial score (nSPS) is 15.8. The number of oxazole rings is 1. The van der Waals surface area contributed by atoms with E-state index in [1.165, 1.54) is 24.6 Å². The highest BCUT2D eigenvalue weighted by molar-refractivity contribution is 7.99. The molecule has 118 valence electrons. The van der Waals surface area contributed by atoms with Crippen LogP contribution in [0.5, 0.6) is 0 Å². The van der Waals surface area contributed by atoms with Crippen LogP contribution in [0.25, 0.3) is 11.1 Å². The second-order valence-corrected chi connectivity index (χ2v) is 7.00. The Morgan fingerprint density at radius 2 is 2.09 bits per heavy atom. The van der Waals surface area contributed by atoms with Gasteiger partial charge in [0.25, 0.3) is 5.22 Å². The van der Waals surface area contributed by atoms with Crippen molar-refractivity contribution in [2.75, 3.05) is 5.75 Å². The van der Waals surface area contributed by atoms with Crippen LogP contribution in [0.4, 0.5) is 0 Å². The standard InChI is InChI=1S/C17H22N2O2S/c1-12(2)19(13-7-3-4-8-13)16(20)11-22-17-18-14-9-5-6-10-15(14)21-17/h5-6,9-10,12-13H,3-4,7-8,11H2,1-2H3. The maximum Gasteiger partial charge on any atom is 0.257 e. The maximum atomic E-state index is 12.6. The second kappa shape index (κ2) is 6.73. The smallest absolute Gasteiger partial charge is 0.257 e. The van der Waals surface area contributed by atoms with Crippen LogP contribution in [-0.2, 0) is 4.79 Å². The molecule has 1 amide bonds. The quantitative estimate of drug-likeness (QED) is 0.779. The van der Waals surface area contributed by atoms with Crippen molar-refractivity contribution in [3.8, 4) is 0 Å². The molecular formula is C17H22N2O2S. The Hall–Kier alpha value is -1.49. The van der Waals surface area contributed by atoms with E-state index in [1.807, 2.05) is 24.3 Å². The van der Waals surface area contributed by atoms with Gasteiger partial charge in [0.15, 0.2) is 5.58 Å². The lowest BCUT2D eigenvalue weighted by molar-refractivity contribution is -0.132. The van der Waals surface area contributed by atoms with E-state index >= 15 is 0 Å². The molecule has 1 heterocycles. The maximum absolute atomic E-state index is 12.6. The number of hydrogen-bond acceptors (Lipinski definition) is 4. The number of carbonyl (C=O) groups excluding carboxylic acids is 1. The van der Waals surface area contributed by atoms with Crippen LogP contribution in [0.1, 0.15) is 39.5 Å². The lowest BCUT2D eigenvalue weighted by Crippen LogP contribution is -2.44. The number of benzene rings is 1. The van der Waals surface area contributed by atoms with Gasteiger partial charge < -0.3 is 9.32 Å². The van der Waals surface area contributed by atoms with E-state index in [-0.39, 0.29) is 11.9 Å². The summed E-state index contributed by atoms with van der Waals surface area (Å²) in [6.45, 7) is 4.20. The van der Waals surface area contributed by atoms with E-state index in [2.05, 4.69) is 23.7 Å². The van der Waals surface area contributed by atoms with E-state index in [0.717, 1.165) is 23.9 Å². The third-order valence-corrected chi connectivity index (χ3v) is 4.97. The molecule has 3 rings (SSSR count). The van der Waals surface area contributed by atoms with Crippen molar-refractivity contribution >= 4 is 28.8 Å². The molecule has 1 aromatic heterocycles. The van der Waals surface area contributed by atoms with Gasteiger partial charge in [-0.2, -0.15) is 0 Å². The number of thioether (sulfide) groups is 1. The van der Waals surface area contributed by atoms with Crippen molar-refractivity contribution in [2.45, 2.75) is 56.8 Å². The Labute approximate surface area is 135 Å². The summed E-state index contributed by atoms with van der Waals surface area (Å²) in [6.07, 6.45) is 4.74. The number of nitrogens with zero attached hydrogens (tertiary/aromatic N) is 2. The molecule has 0 N–H and O–H groups in total. The summed E-state index contributed by atoms with van der Waals surface area (Å²) >= 11 is 1.39. The van der Waals surface area contributed by atoms with Crippen LogP contribution in [0.15, 0.2) is 33.9 Å². The Balaban J connectivity index is 1.64. The van der Waals surface area contributed by atoms with Gasteiger partial charge in [-0.15, -0.1) is 0 Å². The molecule has 1 fully saturated rings. The molecule has 1 saturated carbocycles. The van der Waals surface area contributed by atoms with Gasteiger partial charge in [0.05, 0.1) is 5.75 Å². The van der Waals surface area contributed by atoms with Gasteiger partial charge in [-0.25, -0.2) is 4.98 Å². The van der Waals surface area contributed by atoms with Crippen molar-refractivity contribution in [2.24, 2.45) is 0 Å². The van der Waals surface area contributed by atoms with Gasteiger partial charge in [0.2, 0.25) is 5.91 Å². The summed E-state index contributed by atoms with van der Waals surface area (Å²) in [4.78, 5) is 19.1. The SMILES string of the molecule is CC(C)N(C(=O)CSc1nc2ccccc2o1)C1CCCC1. The number of hydrogen-bond donors (Lipinski definition) is 0. The molecule has 0 aliphatic heterocycles. The highest BCUT2D eigenvalue weighted by Crippen LogP contribution is 2.28. The number of amides is 1. The van der Waals surface area contributed by atoms with E-state index in [1.54, 1.807) is 0 Å². The van der Waals surface area contributed by atoms with Crippen LogP contribution in [0.3, 0.4) is 0 Å². The molecule has 2 aromatic rings. The summed E-state index contributed by atoms with van der Waals surface area (Å²) in [6, 6.07) is 8.34. The number of carbonyl (C=O) groups is 1. The van der Waals surface area contributed by atoms with Gasteiger partial charge >= 0.3 is 0 Å². The molecule has 1 aliphatic carbocycles. The minimum atomic E-state index is 0.189. The first-order valence-corrected chi connectivity index (χ1v) is 8.93. The molecule has 22 heavy (non-hydrogen) atoms. The van der Waals surface area contributed by atoms with Crippen LogP contribution >= 0.6 is 11.8 Å². The zero-order valence-corrected chi connectivity index (χ0v) is 13.9. The zero-order chi connectivity index (χ0) is 15.5. The topological polar surface area (TPSA) is 46.3 Å². The highest BCUT2D eigenvalue weighted by atomic mass is 32.2. The van der Waals surface area contributed by atoms with Crippen LogP contribution in [0, 0.1) is 0 Å². The molecule has 0 spiro atoms. The molecule has 0 radical (unpaired) electrons. The molecule has 4 nitrogen and oxygen atoms in total. The molecule has 0 bridgehead atoms. The largest absolute Gasteiger partial charge is 0.431 e. The van der Waals surface area contributed by atoms with Gasteiger partial charge in [-0.3, -0.25) is 4.79 Å². The van der Waals surface area contributed by atoms with Gasteiger partial charge in [0.1, 0.15) is 5.52 Å². The fraction of sp³-hybridized carbons (Fsp3) is 0.529.